The molecule has 0 aromatic carbocycles. The van der Waals surface area contributed by atoms with Crippen molar-refractivity contribution < 1.29 is 24.2 Å². The Morgan fingerprint density at radius 2 is 1.21 bits per heavy atom. The summed E-state index contributed by atoms with van der Waals surface area (Å²) in [6.07, 6.45) is 17.4. The number of rotatable bonds is 7. The predicted octanol–water partition coefficient (Wildman–Crippen LogP) is 9.79. The Kier molecular flexibility index (Phi) is 13.4. The maximum Gasteiger partial charge on any atom is 0.352 e. The summed E-state index contributed by atoms with van der Waals surface area (Å²) < 4.78 is 13.6. The van der Waals surface area contributed by atoms with Crippen molar-refractivity contribution in [1.82, 2.24) is 25.3 Å². The van der Waals surface area contributed by atoms with Gasteiger partial charge in [-0.1, -0.05) is 85.9 Å². The molecule has 2 aliphatic carbocycles. The minimum Gasteiger partial charge on any atom is -0.477 e. The number of carboxylic acid groups (broad SMARTS) is 1. The van der Waals surface area contributed by atoms with Crippen LogP contribution in [-0.4, -0.2) is 77.4 Å². The molecule has 53 heavy (non-hydrogen) atoms. The van der Waals surface area contributed by atoms with Gasteiger partial charge in [0.25, 0.3) is 16.3 Å². The minimum absolute atomic E-state index is 0.000154. The monoisotopic (exact) mass is 800 g/mol. The van der Waals surface area contributed by atoms with E-state index in [1.165, 1.54) is 98.2 Å². The van der Waals surface area contributed by atoms with Crippen molar-refractivity contribution in [3.8, 4) is 10.4 Å². The highest BCUT2D eigenvalue weighted by atomic mass is 32.1. The van der Waals surface area contributed by atoms with Crippen LogP contribution < -0.4 is 20.5 Å². The normalized spacial score (nSPS) is 23.3. The van der Waals surface area contributed by atoms with E-state index >= 15 is 0 Å². The Hall–Kier alpha value is -2.73. The molecule has 292 valence electrons. The summed E-state index contributed by atoms with van der Waals surface area (Å²) in [5, 5.41) is 13.4. The van der Waals surface area contributed by atoms with Crippen LogP contribution in [0.5, 0.6) is 10.4 Å². The van der Waals surface area contributed by atoms with E-state index in [9.17, 15) is 9.59 Å². The average molecular weight is 801 g/mol. The lowest BCUT2D eigenvalue weighted by atomic mass is 10.1. The SMILES string of the molecule is C[Si]1(C)CCCC(N)CC1.C[Si]1(C)CCCC(NC(=O)c2cc3sc(OC4CCCC4)nc3[nH]2)CC1.O=C(O)c1cc2sc(OC3CCCC3)nc2[nH]1. The molecule has 2 aliphatic heterocycles. The number of fused-ring (bicyclic) bond motifs is 2. The van der Waals surface area contributed by atoms with Gasteiger partial charge in [-0.25, -0.2) is 4.79 Å². The lowest BCUT2D eigenvalue weighted by Gasteiger charge is -2.19. The lowest BCUT2D eigenvalue weighted by molar-refractivity contribution is 0.0691. The van der Waals surface area contributed by atoms with Crippen molar-refractivity contribution in [2.24, 2.45) is 5.73 Å². The number of hydrogen-bond donors (Lipinski definition) is 5. The molecule has 2 unspecified atom stereocenters. The standard InChI is InChI=1S/C19H29N3O2SSi.C11H12N2O3S.C8H19NSi/c1-26(2)10-5-6-13(9-11-26)20-18(23)15-12-16-17(21-15)22-19(25-16)24-14-7-3-4-8-14;14-10(15)7-5-8-9(12-7)13-11(17-8)16-6-3-1-2-4-6;1-10(2)6-3-4-8(9)5-7-10/h12-14,21H,3-11H2,1-2H3,(H,20,23);5-6,12H,1-4H2,(H,14,15);8H,3-7,9H2,1-2H3. The molecule has 0 radical (unpaired) electrons. The first-order valence-corrected chi connectivity index (χ1v) is 28.4. The van der Waals surface area contributed by atoms with E-state index in [4.69, 9.17) is 20.3 Å². The number of thiazole rings is 2. The Labute approximate surface area is 323 Å². The van der Waals surface area contributed by atoms with Crippen molar-refractivity contribution in [2.75, 3.05) is 0 Å². The van der Waals surface area contributed by atoms with Crippen LogP contribution in [0.4, 0.5) is 0 Å². The van der Waals surface area contributed by atoms with E-state index in [2.05, 4.69) is 51.4 Å². The van der Waals surface area contributed by atoms with Crippen molar-refractivity contribution >= 4 is 71.4 Å². The zero-order valence-corrected chi connectivity index (χ0v) is 35.7. The first kappa shape index (κ1) is 40.0. The summed E-state index contributed by atoms with van der Waals surface area (Å²) in [5.41, 5.74) is 8.03. The van der Waals surface area contributed by atoms with Gasteiger partial charge < -0.3 is 35.6 Å². The van der Waals surface area contributed by atoms with E-state index in [-0.39, 0.29) is 17.7 Å². The van der Waals surface area contributed by atoms with Gasteiger partial charge in [0, 0.05) is 28.2 Å². The molecule has 4 fully saturated rings. The fourth-order valence-corrected chi connectivity index (χ4v) is 14.8. The number of nitrogens with zero attached hydrogens (tertiary/aromatic N) is 2. The van der Waals surface area contributed by atoms with E-state index < -0.39 is 22.1 Å². The van der Waals surface area contributed by atoms with Gasteiger partial charge in [0.05, 0.1) is 9.40 Å². The van der Waals surface area contributed by atoms with Crippen LogP contribution in [0.2, 0.25) is 50.4 Å². The largest absolute Gasteiger partial charge is 0.477 e. The molecule has 8 rings (SSSR count). The van der Waals surface area contributed by atoms with E-state index in [1.54, 1.807) is 6.07 Å². The number of carboxylic acids is 1. The van der Waals surface area contributed by atoms with Gasteiger partial charge in [0.1, 0.15) is 23.6 Å². The zero-order valence-electron chi connectivity index (χ0n) is 32.1. The molecule has 1 amide bonds. The van der Waals surface area contributed by atoms with Crippen LogP contribution in [0.25, 0.3) is 20.7 Å². The quantitative estimate of drug-likeness (QED) is 0.115. The second kappa shape index (κ2) is 17.8. The number of aromatic amines is 2. The Bertz CT molecular complexity index is 1740. The molecule has 6 N–H and O–H groups in total. The minimum atomic E-state index is -1.03. The lowest BCUT2D eigenvalue weighted by Crippen LogP contribution is -2.35. The number of carbonyl (C=O) groups excluding carboxylic acids is 1. The Morgan fingerprint density at radius 3 is 1.74 bits per heavy atom. The van der Waals surface area contributed by atoms with Crippen molar-refractivity contribution in [3.05, 3.63) is 23.5 Å². The topological polar surface area (TPSA) is 168 Å². The van der Waals surface area contributed by atoms with Crippen LogP contribution in [0.15, 0.2) is 12.1 Å². The van der Waals surface area contributed by atoms with Gasteiger partial charge in [-0.05, 0) is 89.2 Å². The molecule has 4 aromatic heterocycles. The Morgan fingerprint density at radius 1 is 0.717 bits per heavy atom. The molecular formula is C38H60N6O5S2Si2. The molecule has 2 saturated carbocycles. The number of hydrogen-bond acceptors (Lipinski definition) is 9. The van der Waals surface area contributed by atoms with Gasteiger partial charge >= 0.3 is 5.97 Å². The summed E-state index contributed by atoms with van der Waals surface area (Å²) in [6, 6.07) is 9.99. The molecule has 2 atom stereocenters. The maximum atomic E-state index is 12.6. The highest BCUT2D eigenvalue weighted by Gasteiger charge is 2.28. The highest BCUT2D eigenvalue weighted by Crippen LogP contribution is 2.34. The number of amides is 1. The summed E-state index contributed by atoms with van der Waals surface area (Å²) in [7, 11) is -1.79. The summed E-state index contributed by atoms with van der Waals surface area (Å²) in [4.78, 5) is 38.1. The zero-order chi connectivity index (χ0) is 37.6. The maximum absolute atomic E-state index is 12.6. The van der Waals surface area contributed by atoms with Gasteiger partial charge in [-0.15, -0.1) is 0 Å². The third-order valence-electron chi connectivity index (χ3n) is 11.5. The fourth-order valence-electron chi connectivity index (χ4n) is 7.98. The third kappa shape index (κ3) is 11.6. The molecule has 4 aliphatic rings. The fraction of sp³-hybridized carbons (Fsp3) is 0.684. The number of carbonyl (C=O) groups is 2. The van der Waals surface area contributed by atoms with Crippen LogP contribution in [-0.2, 0) is 0 Å². The molecule has 15 heteroatoms. The van der Waals surface area contributed by atoms with E-state index in [1.807, 2.05) is 6.07 Å². The summed E-state index contributed by atoms with van der Waals surface area (Å²) in [5.74, 6) is -0.965. The molecule has 6 heterocycles. The first-order valence-electron chi connectivity index (χ1n) is 19.9. The van der Waals surface area contributed by atoms with Crippen molar-refractivity contribution in [1.29, 1.82) is 0 Å². The van der Waals surface area contributed by atoms with Crippen LogP contribution >= 0.6 is 22.7 Å². The van der Waals surface area contributed by atoms with Crippen LogP contribution in [0.1, 0.15) is 111 Å². The smallest absolute Gasteiger partial charge is 0.352 e. The van der Waals surface area contributed by atoms with Gasteiger partial charge in [0.15, 0.2) is 11.3 Å². The Balaban J connectivity index is 0.000000152. The van der Waals surface area contributed by atoms with E-state index in [0.717, 1.165) is 58.8 Å². The van der Waals surface area contributed by atoms with E-state index in [0.29, 0.717) is 34.7 Å². The number of H-pyrrole nitrogens is 2. The van der Waals surface area contributed by atoms with Gasteiger partial charge in [-0.2, -0.15) is 9.97 Å². The van der Waals surface area contributed by atoms with Gasteiger partial charge in [-0.3, -0.25) is 4.79 Å². The summed E-state index contributed by atoms with van der Waals surface area (Å²) in [6.45, 7) is 9.91. The second-order valence-corrected chi connectivity index (χ2v) is 29.9. The first-order chi connectivity index (χ1) is 25.3. The molecule has 11 nitrogen and oxygen atoms in total. The number of aromatic carboxylic acids is 1. The van der Waals surface area contributed by atoms with Crippen molar-refractivity contribution in [3.63, 3.8) is 0 Å². The van der Waals surface area contributed by atoms with Crippen LogP contribution in [0, 0.1) is 0 Å². The number of ether oxygens (including phenoxy) is 2. The number of aromatic nitrogens is 4. The molecule has 0 bridgehead atoms. The summed E-state index contributed by atoms with van der Waals surface area (Å²) >= 11 is 2.93. The number of nitrogens with two attached hydrogens (primary N) is 1. The average Bonchev–Trinajstić information content (AvgIpc) is 3.94. The molecule has 4 aromatic rings. The third-order valence-corrected chi connectivity index (χ3v) is 20.0. The number of nitrogens with one attached hydrogen (secondary N) is 3. The second-order valence-electron chi connectivity index (χ2n) is 17.2. The van der Waals surface area contributed by atoms with Crippen LogP contribution in [0.3, 0.4) is 0 Å². The van der Waals surface area contributed by atoms with Crippen molar-refractivity contribution in [2.45, 2.75) is 165 Å². The predicted molar refractivity (Wildman–Crippen MR) is 222 cm³/mol. The van der Waals surface area contributed by atoms with Gasteiger partial charge in [0.2, 0.25) is 0 Å². The highest BCUT2D eigenvalue weighted by molar-refractivity contribution is 7.20. The molecule has 0 spiro atoms. The molecule has 2 saturated heterocycles. The molecular weight excluding hydrogens is 741 g/mol.